The number of carbonyl (C=O) groups is 1. The Kier molecular flexibility index (Phi) is 37.6. The van der Waals surface area contributed by atoms with E-state index in [-0.39, 0.29) is 19.6 Å². The Morgan fingerprint density at radius 2 is 0.912 bits per heavy atom. The number of esters is 1. The van der Waals surface area contributed by atoms with Gasteiger partial charge in [0.15, 0.2) is 0 Å². The minimum absolute atomic E-state index is 0.0452. The van der Waals surface area contributed by atoms with Gasteiger partial charge < -0.3 is 19.2 Å². The largest absolute Gasteiger partial charge is 0.472 e. The van der Waals surface area contributed by atoms with E-state index in [1.54, 1.807) is 0 Å². The van der Waals surface area contributed by atoms with Crippen LogP contribution in [0.5, 0.6) is 0 Å². The Labute approximate surface area is 348 Å². The summed E-state index contributed by atoms with van der Waals surface area (Å²) in [5.41, 5.74) is 0. The van der Waals surface area contributed by atoms with Crippen LogP contribution in [0.15, 0.2) is 122 Å². The maximum atomic E-state index is 11.9. The highest BCUT2D eigenvalue weighted by atomic mass is 31.2. The van der Waals surface area contributed by atoms with E-state index in [1.807, 2.05) is 21.1 Å². The predicted octanol–water partition coefficient (Wildman–Crippen LogP) is 12.3. The quantitative estimate of drug-likeness (QED) is 0.0212. The molecule has 0 aromatic heterocycles. The number of phosphoric acid groups is 1. The minimum atomic E-state index is -4.26. The van der Waals surface area contributed by atoms with Crippen LogP contribution in [0.3, 0.4) is 0 Å². The number of hydrogen-bond acceptors (Lipinski definition) is 6. The van der Waals surface area contributed by atoms with Crippen molar-refractivity contribution in [2.24, 2.45) is 0 Å². The first kappa shape index (κ1) is 53.9. The van der Waals surface area contributed by atoms with Crippen LogP contribution in [-0.2, 0) is 23.1 Å². The summed E-state index contributed by atoms with van der Waals surface area (Å²) >= 11 is 0. The number of likely N-dealkylation sites (N-methyl/N-ethyl adjacent to an activating group) is 1. The van der Waals surface area contributed by atoms with Gasteiger partial charge in [-0.3, -0.25) is 13.8 Å². The predicted molar refractivity (Wildman–Crippen MR) is 242 cm³/mol. The lowest BCUT2D eigenvalue weighted by Gasteiger charge is -2.24. The van der Waals surface area contributed by atoms with Crippen molar-refractivity contribution in [1.82, 2.24) is 0 Å². The number of aliphatic hydroxyl groups is 1. The number of quaternary nitrogens is 1. The van der Waals surface area contributed by atoms with Crippen molar-refractivity contribution in [3.63, 3.8) is 0 Å². The summed E-state index contributed by atoms with van der Waals surface area (Å²) < 4.78 is 27.2. The maximum absolute atomic E-state index is 11.9. The third kappa shape index (κ3) is 45.5. The van der Waals surface area contributed by atoms with Crippen molar-refractivity contribution in [2.75, 3.05) is 47.5 Å². The highest BCUT2D eigenvalue weighted by Crippen LogP contribution is 2.43. The van der Waals surface area contributed by atoms with Crippen molar-refractivity contribution in [1.29, 1.82) is 0 Å². The molecule has 0 amide bonds. The standard InChI is InChI=1S/C48H78NO7P/c1-5-6-7-8-9-10-11-12-13-14-15-16-17-18-19-20-21-22-23-24-25-26-27-28-29-30-31-32-33-34-35-36-37-38-39-40-41-42-48(51)54-45-47(50)46-56-57(52,53)55-44-43-49(2,3)4/h6-7,9-10,12-13,15-16,18-19,21-22,24-25,27-28,30-31,33-34,47,50H,5,8,11,14,17,20,23,26,29,32,35-46H2,1-4H3/p+1/b7-6-,10-9-,13-12-,16-15-,19-18-,22-21-,25-24-,28-27-,31-30-,34-33-. The summed E-state index contributed by atoms with van der Waals surface area (Å²) in [5, 5.41) is 9.91. The van der Waals surface area contributed by atoms with Crippen LogP contribution >= 0.6 is 7.82 Å². The summed E-state index contributed by atoms with van der Waals surface area (Å²) in [6.45, 7) is 1.98. The zero-order chi connectivity index (χ0) is 42.0. The van der Waals surface area contributed by atoms with E-state index in [4.69, 9.17) is 13.8 Å². The lowest BCUT2D eigenvalue weighted by Crippen LogP contribution is -2.37. The fourth-order valence-electron chi connectivity index (χ4n) is 4.92. The molecule has 2 unspecified atom stereocenters. The smallest absolute Gasteiger partial charge is 0.463 e. The Morgan fingerprint density at radius 3 is 1.32 bits per heavy atom. The second-order valence-corrected chi connectivity index (χ2v) is 16.3. The van der Waals surface area contributed by atoms with Gasteiger partial charge >= 0.3 is 13.8 Å². The van der Waals surface area contributed by atoms with Crippen LogP contribution in [0.2, 0.25) is 0 Å². The minimum Gasteiger partial charge on any atom is -0.463 e. The first-order valence-corrected chi connectivity index (χ1v) is 22.8. The second-order valence-electron chi connectivity index (χ2n) is 14.9. The molecular weight excluding hydrogens is 734 g/mol. The lowest BCUT2D eigenvalue weighted by molar-refractivity contribution is -0.870. The number of unbranched alkanes of at least 4 members (excludes halogenated alkanes) is 6. The van der Waals surface area contributed by atoms with Gasteiger partial charge in [-0.1, -0.05) is 154 Å². The molecule has 9 heteroatoms. The van der Waals surface area contributed by atoms with Crippen molar-refractivity contribution in [3.05, 3.63) is 122 Å². The molecule has 0 aliphatic heterocycles. The molecule has 8 nitrogen and oxygen atoms in total. The van der Waals surface area contributed by atoms with Gasteiger partial charge in [0.05, 0.1) is 27.7 Å². The fraction of sp³-hybridized carbons (Fsp3) is 0.562. The van der Waals surface area contributed by atoms with E-state index in [2.05, 4.69) is 128 Å². The fourth-order valence-corrected chi connectivity index (χ4v) is 5.67. The van der Waals surface area contributed by atoms with Crippen molar-refractivity contribution in [2.45, 2.75) is 129 Å². The summed E-state index contributed by atoms with van der Waals surface area (Å²) in [6.07, 6.45) is 60.9. The van der Waals surface area contributed by atoms with E-state index in [0.29, 0.717) is 11.0 Å². The van der Waals surface area contributed by atoms with E-state index in [1.165, 1.54) is 12.8 Å². The topological polar surface area (TPSA) is 102 Å². The highest BCUT2D eigenvalue weighted by molar-refractivity contribution is 7.47. The van der Waals surface area contributed by atoms with Crippen molar-refractivity contribution < 1.29 is 37.6 Å². The van der Waals surface area contributed by atoms with E-state index >= 15 is 0 Å². The van der Waals surface area contributed by atoms with Crippen LogP contribution < -0.4 is 0 Å². The molecular formula is C48H79NO7P+. The number of allylic oxidation sites excluding steroid dienone is 20. The maximum Gasteiger partial charge on any atom is 0.472 e. The third-order valence-electron chi connectivity index (χ3n) is 8.24. The Bertz CT molecular complexity index is 1310. The molecule has 0 aliphatic carbocycles. The average Bonchev–Trinajstić information content (AvgIpc) is 3.17. The van der Waals surface area contributed by atoms with Crippen LogP contribution in [-0.4, -0.2) is 74.1 Å². The van der Waals surface area contributed by atoms with E-state index in [0.717, 1.165) is 96.3 Å². The molecule has 0 rings (SSSR count). The number of ether oxygens (including phenoxy) is 1. The summed E-state index contributed by atoms with van der Waals surface area (Å²) in [4.78, 5) is 21.6. The first-order valence-electron chi connectivity index (χ1n) is 21.3. The second kappa shape index (κ2) is 39.7. The molecule has 0 fully saturated rings. The van der Waals surface area contributed by atoms with Crippen LogP contribution in [0, 0.1) is 0 Å². The third-order valence-corrected chi connectivity index (χ3v) is 9.22. The molecule has 0 spiro atoms. The van der Waals surface area contributed by atoms with Gasteiger partial charge in [0.25, 0.3) is 0 Å². The van der Waals surface area contributed by atoms with Crippen LogP contribution in [0.1, 0.15) is 122 Å². The van der Waals surface area contributed by atoms with Crippen LogP contribution in [0.25, 0.3) is 0 Å². The van der Waals surface area contributed by atoms with Gasteiger partial charge in [0.2, 0.25) is 0 Å². The van der Waals surface area contributed by atoms with Gasteiger partial charge in [0.1, 0.15) is 25.9 Å². The summed E-state index contributed by atoms with van der Waals surface area (Å²) in [5.74, 6) is -0.392. The molecule has 0 aliphatic rings. The average molecular weight is 813 g/mol. The number of hydrogen-bond donors (Lipinski definition) is 2. The Hall–Kier alpha value is -3.10. The van der Waals surface area contributed by atoms with Crippen LogP contribution in [0.4, 0.5) is 0 Å². The zero-order valence-corrected chi connectivity index (χ0v) is 36.9. The van der Waals surface area contributed by atoms with Crippen molar-refractivity contribution >= 4 is 13.8 Å². The number of aliphatic hydroxyl groups excluding tert-OH is 1. The van der Waals surface area contributed by atoms with Gasteiger partial charge in [0, 0.05) is 6.42 Å². The molecule has 0 aromatic rings. The Morgan fingerprint density at radius 1 is 0.544 bits per heavy atom. The molecule has 0 bridgehead atoms. The van der Waals surface area contributed by atoms with Gasteiger partial charge in [-0.25, -0.2) is 4.57 Å². The molecule has 0 saturated carbocycles. The van der Waals surface area contributed by atoms with E-state index in [9.17, 15) is 19.4 Å². The summed E-state index contributed by atoms with van der Waals surface area (Å²) in [7, 11) is 1.53. The van der Waals surface area contributed by atoms with Gasteiger partial charge in [-0.2, -0.15) is 0 Å². The lowest BCUT2D eigenvalue weighted by atomic mass is 10.1. The number of carbonyl (C=O) groups excluding carboxylic acids is 1. The van der Waals surface area contributed by atoms with Gasteiger partial charge in [-0.05, 0) is 83.5 Å². The molecule has 0 heterocycles. The Balaban J connectivity index is 3.64. The molecule has 322 valence electrons. The number of nitrogens with zero attached hydrogens (tertiary/aromatic N) is 1. The molecule has 0 saturated heterocycles. The molecule has 0 aromatic carbocycles. The molecule has 2 N–H and O–H groups in total. The first-order chi connectivity index (χ1) is 27.6. The zero-order valence-electron chi connectivity index (χ0n) is 36.0. The monoisotopic (exact) mass is 813 g/mol. The molecule has 0 radical (unpaired) electrons. The molecule has 2 atom stereocenters. The van der Waals surface area contributed by atoms with Gasteiger partial charge in [-0.15, -0.1) is 0 Å². The highest BCUT2D eigenvalue weighted by Gasteiger charge is 2.24. The number of phosphoric ester groups is 1. The van der Waals surface area contributed by atoms with E-state index < -0.39 is 26.5 Å². The summed E-state index contributed by atoms with van der Waals surface area (Å²) in [6, 6.07) is 0. The SMILES string of the molecule is CC/C=C\C/C=C\C/C=C\C/C=C\C/C=C\C/C=C\C/C=C\C/C=C\C/C=C\C/C=C\CCCCCCCCC(=O)OCC(O)COP(=O)(O)OCC[N+](C)(C)C. The normalized spacial score (nSPS) is 15.0. The molecule has 57 heavy (non-hydrogen) atoms. The number of rotatable bonds is 37. The van der Waals surface area contributed by atoms with Crippen molar-refractivity contribution in [3.8, 4) is 0 Å².